The lowest BCUT2D eigenvalue weighted by Crippen LogP contribution is -2.28. The predicted octanol–water partition coefficient (Wildman–Crippen LogP) is 6.49. The second kappa shape index (κ2) is 11.2. The van der Waals surface area contributed by atoms with Gasteiger partial charge in [0, 0.05) is 60.5 Å². The first kappa shape index (κ1) is 25.2. The number of carbonyl (C=O) groups is 2. The maximum atomic E-state index is 15.2. The molecule has 4 rings (SSSR count). The summed E-state index contributed by atoms with van der Waals surface area (Å²) in [4.78, 5) is 35.8. The maximum Gasteiger partial charge on any atom is 0.272 e. The monoisotopic (exact) mass is 483 g/mol. The van der Waals surface area contributed by atoms with Crippen LogP contribution in [0.5, 0.6) is 0 Å². The van der Waals surface area contributed by atoms with Crippen molar-refractivity contribution in [2.75, 3.05) is 13.6 Å². The third-order valence-electron chi connectivity index (χ3n) is 6.40. The molecule has 1 amide bonds. The van der Waals surface area contributed by atoms with E-state index in [0.717, 1.165) is 29.4 Å². The van der Waals surface area contributed by atoms with E-state index in [2.05, 4.69) is 16.9 Å². The predicted molar refractivity (Wildman–Crippen MR) is 141 cm³/mol. The minimum atomic E-state index is -0.434. The van der Waals surface area contributed by atoms with Crippen molar-refractivity contribution in [3.8, 4) is 11.1 Å². The summed E-state index contributed by atoms with van der Waals surface area (Å²) in [5.41, 5.74) is 4.16. The SMILES string of the molecule is CCCCN(C)C(=O)c1ccc(-c2cc3c(Cc4ccccc4)c(C(=O)CC)cnc3cc2F)cn1. The molecule has 0 atom stereocenters. The molecule has 0 aliphatic rings. The summed E-state index contributed by atoms with van der Waals surface area (Å²) < 4.78 is 15.2. The lowest BCUT2D eigenvalue weighted by molar-refractivity contribution is 0.0787. The largest absolute Gasteiger partial charge is 0.340 e. The van der Waals surface area contributed by atoms with Gasteiger partial charge in [0.15, 0.2) is 5.78 Å². The molecule has 0 N–H and O–H groups in total. The van der Waals surface area contributed by atoms with Gasteiger partial charge in [0.05, 0.1) is 5.52 Å². The summed E-state index contributed by atoms with van der Waals surface area (Å²) in [6, 6.07) is 16.4. The van der Waals surface area contributed by atoms with Gasteiger partial charge in [-0.15, -0.1) is 0 Å². The van der Waals surface area contributed by atoms with Gasteiger partial charge in [0.2, 0.25) is 0 Å². The molecule has 0 unspecified atom stereocenters. The number of hydrogen-bond donors (Lipinski definition) is 0. The van der Waals surface area contributed by atoms with Crippen molar-refractivity contribution in [3.05, 3.63) is 95.2 Å². The average Bonchev–Trinajstić information content (AvgIpc) is 2.91. The Labute approximate surface area is 211 Å². The Morgan fingerprint density at radius 2 is 1.75 bits per heavy atom. The van der Waals surface area contributed by atoms with Crippen LogP contribution in [0.3, 0.4) is 0 Å². The number of nitrogens with zero attached hydrogens (tertiary/aromatic N) is 3. The highest BCUT2D eigenvalue weighted by Gasteiger charge is 2.18. The number of rotatable bonds is 9. The van der Waals surface area contributed by atoms with Gasteiger partial charge in [-0.05, 0) is 36.1 Å². The van der Waals surface area contributed by atoms with E-state index in [4.69, 9.17) is 0 Å². The topological polar surface area (TPSA) is 63.2 Å². The van der Waals surface area contributed by atoms with Crippen molar-refractivity contribution < 1.29 is 14.0 Å². The molecule has 0 fully saturated rings. The fourth-order valence-corrected chi connectivity index (χ4v) is 4.28. The molecule has 184 valence electrons. The van der Waals surface area contributed by atoms with E-state index in [9.17, 15) is 9.59 Å². The Balaban J connectivity index is 1.77. The van der Waals surface area contributed by atoms with Gasteiger partial charge >= 0.3 is 0 Å². The van der Waals surface area contributed by atoms with Crippen LogP contribution in [-0.2, 0) is 6.42 Å². The van der Waals surface area contributed by atoms with Crippen LogP contribution in [-0.4, -0.2) is 40.2 Å². The van der Waals surface area contributed by atoms with Crippen molar-refractivity contribution in [1.29, 1.82) is 0 Å². The molecule has 2 aromatic heterocycles. The van der Waals surface area contributed by atoms with E-state index < -0.39 is 5.82 Å². The summed E-state index contributed by atoms with van der Waals surface area (Å²) in [7, 11) is 1.76. The highest BCUT2D eigenvalue weighted by atomic mass is 19.1. The Kier molecular flexibility index (Phi) is 7.84. The van der Waals surface area contributed by atoms with E-state index in [1.54, 1.807) is 36.3 Å². The highest BCUT2D eigenvalue weighted by Crippen LogP contribution is 2.31. The second-order valence-corrected chi connectivity index (χ2v) is 8.95. The van der Waals surface area contributed by atoms with Gasteiger partial charge < -0.3 is 4.90 Å². The molecule has 0 aliphatic carbocycles. The van der Waals surface area contributed by atoms with Gasteiger partial charge in [0.25, 0.3) is 5.91 Å². The van der Waals surface area contributed by atoms with Crippen molar-refractivity contribution in [1.82, 2.24) is 14.9 Å². The standard InChI is InChI=1S/C30H30FN3O2/c1-4-6-14-34(3)30(36)27-13-12-21(18-32-27)22-16-24-23(15-20-10-8-7-9-11-20)25(29(35)5-2)19-33-28(24)17-26(22)31/h7-13,16-19H,4-6,14-15H2,1-3H3. The number of unbranched alkanes of at least 4 members (excludes halogenated alkanes) is 1. The number of halogens is 1. The number of fused-ring (bicyclic) bond motifs is 1. The number of benzene rings is 2. The molecular weight excluding hydrogens is 453 g/mol. The molecule has 0 aliphatic heterocycles. The molecular formula is C30H30FN3O2. The van der Waals surface area contributed by atoms with Crippen LogP contribution in [0.25, 0.3) is 22.0 Å². The molecule has 0 bridgehead atoms. The zero-order valence-corrected chi connectivity index (χ0v) is 20.9. The van der Waals surface area contributed by atoms with E-state index in [-0.39, 0.29) is 11.7 Å². The number of aromatic nitrogens is 2. The molecule has 6 heteroatoms. The number of carbonyl (C=O) groups excluding carboxylic acids is 2. The van der Waals surface area contributed by atoms with Gasteiger partial charge in [-0.25, -0.2) is 4.39 Å². The van der Waals surface area contributed by atoms with Gasteiger partial charge in [-0.3, -0.25) is 19.6 Å². The lowest BCUT2D eigenvalue weighted by atomic mass is 9.92. The fraction of sp³-hybridized carbons (Fsp3) is 0.267. The van der Waals surface area contributed by atoms with E-state index in [1.807, 2.05) is 37.3 Å². The first-order valence-corrected chi connectivity index (χ1v) is 12.3. The zero-order chi connectivity index (χ0) is 25.7. The first-order chi connectivity index (χ1) is 17.4. The molecule has 36 heavy (non-hydrogen) atoms. The summed E-state index contributed by atoms with van der Waals surface area (Å²) in [6.07, 6.45) is 5.89. The van der Waals surface area contributed by atoms with Gasteiger partial charge in [-0.1, -0.05) is 56.7 Å². The molecule has 2 aromatic carbocycles. The number of amides is 1. The normalized spacial score (nSPS) is 11.0. The fourth-order valence-electron chi connectivity index (χ4n) is 4.28. The molecule has 2 heterocycles. The number of hydrogen-bond acceptors (Lipinski definition) is 4. The average molecular weight is 484 g/mol. The van der Waals surface area contributed by atoms with Crippen LogP contribution < -0.4 is 0 Å². The summed E-state index contributed by atoms with van der Waals surface area (Å²) in [6.45, 7) is 4.56. The van der Waals surface area contributed by atoms with Crippen LogP contribution >= 0.6 is 0 Å². The highest BCUT2D eigenvalue weighted by molar-refractivity contribution is 6.02. The smallest absolute Gasteiger partial charge is 0.272 e. The summed E-state index contributed by atoms with van der Waals surface area (Å²) in [5.74, 6) is -0.597. The zero-order valence-electron chi connectivity index (χ0n) is 20.9. The van der Waals surface area contributed by atoms with Crippen LogP contribution in [0.15, 0.2) is 67.0 Å². The summed E-state index contributed by atoms with van der Waals surface area (Å²) in [5, 5.41) is 0.731. The van der Waals surface area contributed by atoms with Crippen LogP contribution in [0.1, 0.15) is 65.1 Å². The van der Waals surface area contributed by atoms with E-state index >= 15 is 4.39 Å². The third-order valence-corrected chi connectivity index (χ3v) is 6.40. The molecule has 0 saturated carbocycles. The van der Waals surface area contributed by atoms with Crippen LogP contribution in [0.4, 0.5) is 4.39 Å². The molecule has 5 nitrogen and oxygen atoms in total. The Hall–Kier alpha value is -3.93. The Morgan fingerprint density at radius 3 is 2.42 bits per heavy atom. The quantitative estimate of drug-likeness (QED) is 0.255. The number of Topliss-reactive ketones (excluding diaryl/α,β-unsaturated/α-hetero) is 1. The molecule has 0 spiro atoms. The van der Waals surface area contributed by atoms with E-state index in [0.29, 0.717) is 47.3 Å². The van der Waals surface area contributed by atoms with Crippen molar-refractivity contribution in [3.63, 3.8) is 0 Å². The van der Waals surface area contributed by atoms with Gasteiger partial charge in [0.1, 0.15) is 11.5 Å². The van der Waals surface area contributed by atoms with Crippen LogP contribution in [0.2, 0.25) is 0 Å². The molecule has 0 radical (unpaired) electrons. The minimum absolute atomic E-state index is 0.00192. The number of pyridine rings is 2. The Morgan fingerprint density at radius 1 is 0.972 bits per heavy atom. The van der Waals surface area contributed by atoms with Gasteiger partial charge in [-0.2, -0.15) is 0 Å². The molecule has 0 saturated heterocycles. The first-order valence-electron chi connectivity index (χ1n) is 12.3. The van der Waals surface area contributed by atoms with E-state index in [1.165, 1.54) is 12.3 Å². The van der Waals surface area contributed by atoms with Crippen molar-refractivity contribution >= 4 is 22.6 Å². The van der Waals surface area contributed by atoms with Crippen LogP contribution in [0, 0.1) is 5.82 Å². The molecule has 4 aromatic rings. The van der Waals surface area contributed by atoms with Crippen molar-refractivity contribution in [2.24, 2.45) is 0 Å². The van der Waals surface area contributed by atoms with Crippen molar-refractivity contribution in [2.45, 2.75) is 39.5 Å². The second-order valence-electron chi connectivity index (χ2n) is 8.95. The maximum absolute atomic E-state index is 15.2. The summed E-state index contributed by atoms with van der Waals surface area (Å²) >= 11 is 0. The number of ketones is 1. The lowest BCUT2D eigenvalue weighted by Gasteiger charge is -2.16. The third kappa shape index (κ3) is 5.33. The Bertz CT molecular complexity index is 1390. The minimum Gasteiger partial charge on any atom is -0.340 e.